The van der Waals surface area contributed by atoms with Crippen molar-refractivity contribution in [3.63, 3.8) is 0 Å². The fraction of sp³-hybridized carbons (Fsp3) is 0.364. The number of hydroxylamine groups is 1. The molecular weight excluding hydrogens is 178 g/mol. The van der Waals surface area contributed by atoms with Gasteiger partial charge in [-0.25, -0.2) is 0 Å². The molecule has 0 aromatic heterocycles. The molecule has 2 rings (SSSR count). The molecule has 0 bridgehead atoms. The number of carbonyl (C=O) groups is 1. The summed E-state index contributed by atoms with van der Waals surface area (Å²) < 4.78 is 0. The molecule has 1 aromatic rings. The normalized spacial score (nSPS) is 20.0. The Morgan fingerprint density at radius 2 is 2.14 bits per heavy atom. The summed E-state index contributed by atoms with van der Waals surface area (Å²) in [4.78, 5) is 17.0. The summed E-state index contributed by atoms with van der Waals surface area (Å²) in [5, 5.41) is 1.40. The van der Waals surface area contributed by atoms with Crippen LogP contribution in [0, 0.1) is 0 Å². The number of fused-ring (bicyclic) bond motifs is 1. The molecule has 1 aromatic carbocycles. The number of nitrogens with zero attached hydrogens (tertiary/aromatic N) is 1. The van der Waals surface area contributed by atoms with Crippen molar-refractivity contribution in [3.05, 3.63) is 29.8 Å². The van der Waals surface area contributed by atoms with Gasteiger partial charge in [0, 0.05) is 0 Å². The predicted molar refractivity (Wildman–Crippen MR) is 54.0 cm³/mol. The monoisotopic (exact) mass is 191 g/mol. The Hall–Kier alpha value is -1.35. The second kappa shape index (κ2) is 3.42. The van der Waals surface area contributed by atoms with Gasteiger partial charge in [0.05, 0.1) is 18.2 Å². The van der Waals surface area contributed by atoms with Crippen molar-refractivity contribution in [2.45, 2.75) is 19.8 Å². The molecule has 0 saturated heterocycles. The number of hydrogen-bond acceptors (Lipinski definition) is 2. The summed E-state index contributed by atoms with van der Waals surface area (Å²) in [7, 11) is 0. The Balaban J connectivity index is 2.42. The van der Waals surface area contributed by atoms with E-state index in [-0.39, 0.29) is 11.8 Å². The van der Waals surface area contributed by atoms with E-state index in [2.05, 4.69) is 0 Å². The minimum absolute atomic E-state index is 0.0213. The molecule has 0 N–H and O–H groups in total. The first-order chi connectivity index (χ1) is 6.75. The van der Waals surface area contributed by atoms with Crippen LogP contribution in [-0.2, 0) is 9.63 Å². The lowest BCUT2D eigenvalue weighted by atomic mass is 10.0. The highest BCUT2D eigenvalue weighted by Crippen LogP contribution is 2.36. The number of benzene rings is 1. The maximum Gasteiger partial charge on any atom is 0.258 e. The van der Waals surface area contributed by atoms with Gasteiger partial charge in [-0.05, 0) is 25.5 Å². The van der Waals surface area contributed by atoms with Crippen molar-refractivity contribution in [1.82, 2.24) is 0 Å². The average molecular weight is 191 g/mol. The van der Waals surface area contributed by atoms with Crippen LogP contribution in [0.1, 0.15) is 25.3 Å². The molecule has 3 heteroatoms. The van der Waals surface area contributed by atoms with Crippen molar-refractivity contribution < 1.29 is 9.63 Å². The molecule has 0 aliphatic carbocycles. The van der Waals surface area contributed by atoms with Crippen molar-refractivity contribution in [1.29, 1.82) is 0 Å². The second-order valence-corrected chi connectivity index (χ2v) is 3.33. The quantitative estimate of drug-likeness (QED) is 0.716. The summed E-state index contributed by atoms with van der Waals surface area (Å²) >= 11 is 0. The number of amides is 1. The van der Waals surface area contributed by atoms with E-state index >= 15 is 0 Å². The number of anilines is 1. The van der Waals surface area contributed by atoms with Gasteiger partial charge in [-0.1, -0.05) is 18.2 Å². The van der Waals surface area contributed by atoms with Crippen LogP contribution in [0.15, 0.2) is 24.3 Å². The highest BCUT2D eigenvalue weighted by Gasteiger charge is 2.34. The summed E-state index contributed by atoms with van der Waals surface area (Å²) in [5.41, 5.74) is 1.93. The van der Waals surface area contributed by atoms with Crippen molar-refractivity contribution in [2.24, 2.45) is 0 Å². The minimum atomic E-state index is -0.0854. The Morgan fingerprint density at radius 3 is 2.86 bits per heavy atom. The van der Waals surface area contributed by atoms with Gasteiger partial charge in [0.15, 0.2) is 0 Å². The lowest BCUT2D eigenvalue weighted by Gasteiger charge is -2.15. The van der Waals surface area contributed by atoms with Crippen molar-refractivity contribution >= 4 is 11.6 Å². The van der Waals surface area contributed by atoms with Gasteiger partial charge < -0.3 is 0 Å². The molecule has 0 spiro atoms. The molecule has 0 radical (unpaired) electrons. The zero-order valence-corrected chi connectivity index (χ0v) is 8.36. The van der Waals surface area contributed by atoms with E-state index in [1.807, 2.05) is 38.1 Å². The van der Waals surface area contributed by atoms with Gasteiger partial charge >= 0.3 is 0 Å². The van der Waals surface area contributed by atoms with Gasteiger partial charge in [-0.15, -0.1) is 0 Å². The zero-order valence-electron chi connectivity index (χ0n) is 8.36. The first-order valence-electron chi connectivity index (χ1n) is 4.81. The molecular formula is C11H13NO2. The molecule has 1 heterocycles. The number of hydrogen-bond donors (Lipinski definition) is 0. The SMILES string of the molecule is CCON1C(=O)C(C)c2ccccc21. The third-order valence-corrected chi connectivity index (χ3v) is 2.45. The average Bonchev–Trinajstić information content (AvgIpc) is 2.45. The van der Waals surface area contributed by atoms with Gasteiger partial charge in [0.25, 0.3) is 5.91 Å². The smallest absolute Gasteiger partial charge is 0.258 e. The highest BCUT2D eigenvalue weighted by atomic mass is 16.7. The van der Waals surface area contributed by atoms with Crippen molar-refractivity contribution in [3.8, 4) is 0 Å². The van der Waals surface area contributed by atoms with Gasteiger partial charge in [0.2, 0.25) is 0 Å². The Kier molecular flexibility index (Phi) is 2.25. The molecule has 1 amide bonds. The predicted octanol–water partition coefficient (Wildman–Crippen LogP) is 2.09. The molecule has 74 valence electrons. The fourth-order valence-electron chi connectivity index (χ4n) is 1.73. The molecule has 0 saturated carbocycles. The van der Waals surface area contributed by atoms with E-state index in [0.29, 0.717) is 6.61 Å². The van der Waals surface area contributed by atoms with Crippen LogP contribution in [0.25, 0.3) is 0 Å². The van der Waals surface area contributed by atoms with Gasteiger partial charge in [-0.3, -0.25) is 9.63 Å². The van der Waals surface area contributed by atoms with Crippen LogP contribution in [0.2, 0.25) is 0 Å². The van der Waals surface area contributed by atoms with Gasteiger partial charge in [0.1, 0.15) is 0 Å². The first kappa shape index (κ1) is 9.21. The Morgan fingerprint density at radius 1 is 1.43 bits per heavy atom. The Bertz CT molecular complexity index is 362. The molecule has 1 unspecified atom stereocenters. The molecule has 1 atom stereocenters. The maximum atomic E-state index is 11.8. The van der Waals surface area contributed by atoms with E-state index in [4.69, 9.17) is 4.84 Å². The zero-order chi connectivity index (χ0) is 10.1. The topological polar surface area (TPSA) is 29.5 Å². The van der Waals surface area contributed by atoms with Crippen LogP contribution in [0.5, 0.6) is 0 Å². The summed E-state index contributed by atoms with van der Waals surface area (Å²) in [6, 6.07) is 7.73. The number of para-hydroxylation sites is 1. The fourth-order valence-corrected chi connectivity index (χ4v) is 1.73. The van der Waals surface area contributed by atoms with E-state index in [0.717, 1.165) is 11.3 Å². The summed E-state index contributed by atoms with van der Waals surface area (Å²) in [5.74, 6) is -0.0641. The van der Waals surface area contributed by atoms with E-state index in [1.54, 1.807) is 0 Å². The minimum Gasteiger partial charge on any atom is -0.271 e. The molecule has 0 fully saturated rings. The Labute approximate surface area is 83.2 Å². The van der Waals surface area contributed by atoms with Crippen LogP contribution >= 0.6 is 0 Å². The van der Waals surface area contributed by atoms with Crippen LogP contribution < -0.4 is 5.06 Å². The van der Waals surface area contributed by atoms with E-state index < -0.39 is 0 Å². The molecule has 14 heavy (non-hydrogen) atoms. The van der Waals surface area contributed by atoms with Crippen LogP contribution in [0.3, 0.4) is 0 Å². The van der Waals surface area contributed by atoms with Gasteiger partial charge in [-0.2, -0.15) is 5.06 Å². The summed E-state index contributed by atoms with van der Waals surface area (Å²) in [6.45, 7) is 4.28. The number of rotatable bonds is 2. The number of carbonyl (C=O) groups excluding carboxylic acids is 1. The third-order valence-electron chi connectivity index (χ3n) is 2.45. The van der Waals surface area contributed by atoms with Crippen LogP contribution in [0.4, 0.5) is 5.69 Å². The highest BCUT2D eigenvalue weighted by molar-refractivity contribution is 6.02. The largest absolute Gasteiger partial charge is 0.271 e. The second-order valence-electron chi connectivity index (χ2n) is 3.33. The third kappa shape index (κ3) is 1.21. The van der Waals surface area contributed by atoms with Crippen LogP contribution in [-0.4, -0.2) is 12.5 Å². The standard InChI is InChI=1S/C11H13NO2/c1-3-14-12-10-7-5-4-6-9(10)8(2)11(12)13/h4-8H,3H2,1-2H3. The van der Waals surface area contributed by atoms with E-state index in [9.17, 15) is 4.79 Å². The van der Waals surface area contributed by atoms with E-state index in [1.165, 1.54) is 5.06 Å². The lowest BCUT2D eigenvalue weighted by molar-refractivity contribution is -0.125. The molecule has 1 aliphatic rings. The summed E-state index contributed by atoms with van der Waals surface area (Å²) in [6.07, 6.45) is 0. The van der Waals surface area contributed by atoms with Crippen molar-refractivity contribution in [2.75, 3.05) is 11.7 Å². The maximum absolute atomic E-state index is 11.8. The first-order valence-corrected chi connectivity index (χ1v) is 4.81. The molecule has 1 aliphatic heterocycles. The molecule has 3 nitrogen and oxygen atoms in total. The lowest BCUT2D eigenvalue weighted by Crippen LogP contribution is -2.28.